The third-order valence-corrected chi connectivity index (χ3v) is 3.69. The van der Waals surface area contributed by atoms with E-state index in [1.54, 1.807) is 6.07 Å². The molecule has 9 nitrogen and oxygen atoms in total. The molecule has 0 saturated carbocycles. The number of carbonyl (C=O) groups is 2. The lowest BCUT2D eigenvalue weighted by atomic mass is 10.2. The summed E-state index contributed by atoms with van der Waals surface area (Å²) in [6.45, 7) is 1.31. The molecule has 0 fully saturated rings. The van der Waals surface area contributed by atoms with E-state index >= 15 is 0 Å². The predicted molar refractivity (Wildman–Crippen MR) is 101 cm³/mol. The number of methoxy groups -OCH3 is 1. The number of anilines is 1. The number of hydrogen-bond donors (Lipinski definition) is 2. The van der Waals surface area contributed by atoms with Crippen LogP contribution in [0.1, 0.15) is 12.5 Å². The van der Waals surface area contributed by atoms with Crippen LogP contribution in [-0.4, -0.2) is 35.1 Å². The van der Waals surface area contributed by atoms with Crippen LogP contribution in [-0.2, 0) is 14.3 Å². The number of phenolic OH excluding ortho intramolecular Hbond substituents is 1. The van der Waals surface area contributed by atoms with Crippen molar-refractivity contribution in [1.82, 2.24) is 0 Å². The minimum atomic E-state index is -1.22. The summed E-state index contributed by atoms with van der Waals surface area (Å²) in [6, 6.07) is 7.28. The zero-order valence-electron chi connectivity index (χ0n) is 15.4. The second kappa shape index (κ2) is 9.31. The smallest absolute Gasteiger partial charge is 0.331 e. The molecule has 0 aromatic heterocycles. The third-order valence-electron chi connectivity index (χ3n) is 3.69. The van der Waals surface area contributed by atoms with Gasteiger partial charge in [-0.05, 0) is 42.8 Å². The van der Waals surface area contributed by atoms with E-state index in [-0.39, 0.29) is 17.2 Å². The molecule has 2 aromatic rings. The van der Waals surface area contributed by atoms with E-state index in [4.69, 9.17) is 9.47 Å². The lowest BCUT2D eigenvalue weighted by Gasteiger charge is -2.12. The van der Waals surface area contributed by atoms with Gasteiger partial charge in [0.2, 0.25) is 5.82 Å². The molecule has 29 heavy (non-hydrogen) atoms. The van der Waals surface area contributed by atoms with Crippen molar-refractivity contribution in [2.45, 2.75) is 13.0 Å². The molecular formula is C19H17FN2O7. The van der Waals surface area contributed by atoms with Crippen LogP contribution < -0.4 is 10.1 Å². The Morgan fingerprint density at radius 1 is 1.28 bits per heavy atom. The monoisotopic (exact) mass is 404 g/mol. The van der Waals surface area contributed by atoms with Crippen LogP contribution in [0.25, 0.3) is 6.08 Å². The van der Waals surface area contributed by atoms with Crippen LogP contribution in [0.15, 0.2) is 42.5 Å². The van der Waals surface area contributed by atoms with E-state index < -0.39 is 34.4 Å². The molecule has 152 valence electrons. The maximum atomic E-state index is 13.3. The van der Waals surface area contributed by atoms with Crippen LogP contribution in [0.2, 0.25) is 0 Å². The van der Waals surface area contributed by atoms with E-state index in [1.807, 2.05) is 0 Å². The number of nitrogens with one attached hydrogen (secondary N) is 1. The maximum Gasteiger partial charge on any atom is 0.331 e. The number of halogens is 1. The number of carbonyl (C=O) groups excluding carboxylic acids is 2. The zero-order valence-corrected chi connectivity index (χ0v) is 15.4. The summed E-state index contributed by atoms with van der Waals surface area (Å²) >= 11 is 0. The molecule has 0 bridgehead atoms. The second-order valence-corrected chi connectivity index (χ2v) is 5.76. The van der Waals surface area contributed by atoms with Crippen molar-refractivity contribution >= 4 is 29.3 Å². The number of rotatable bonds is 7. The van der Waals surface area contributed by atoms with Gasteiger partial charge in [0, 0.05) is 17.8 Å². The molecule has 1 amide bonds. The highest BCUT2D eigenvalue weighted by Crippen LogP contribution is 2.26. The molecule has 1 atom stereocenters. The van der Waals surface area contributed by atoms with Gasteiger partial charge >= 0.3 is 11.7 Å². The van der Waals surface area contributed by atoms with Crippen LogP contribution >= 0.6 is 0 Å². The number of nitro groups is 1. The van der Waals surface area contributed by atoms with Crippen molar-refractivity contribution in [2.75, 3.05) is 12.4 Å². The summed E-state index contributed by atoms with van der Waals surface area (Å²) < 4.78 is 23.2. The van der Waals surface area contributed by atoms with Crippen molar-refractivity contribution in [3.8, 4) is 11.5 Å². The van der Waals surface area contributed by atoms with E-state index in [0.29, 0.717) is 5.56 Å². The summed E-state index contributed by atoms with van der Waals surface area (Å²) in [6.07, 6.45) is 1.27. The first-order valence-electron chi connectivity index (χ1n) is 8.21. The largest absolute Gasteiger partial charge is 0.504 e. The highest BCUT2D eigenvalue weighted by Gasteiger charge is 2.19. The SMILES string of the molecule is COc1cc(/C=C/C(=O)O[C@@H](C)C(=O)Nc2ccc(F)c([N+](=O)[O-])c2)ccc1O. The average Bonchev–Trinajstić information content (AvgIpc) is 2.68. The molecular weight excluding hydrogens is 387 g/mol. The number of phenols is 1. The maximum absolute atomic E-state index is 13.3. The first-order chi connectivity index (χ1) is 13.7. The molecule has 0 spiro atoms. The first kappa shape index (κ1) is 21.4. The summed E-state index contributed by atoms with van der Waals surface area (Å²) in [5.41, 5.74) is -0.259. The quantitative estimate of drug-likeness (QED) is 0.314. The summed E-state index contributed by atoms with van der Waals surface area (Å²) in [4.78, 5) is 33.8. The number of aromatic hydroxyl groups is 1. The molecule has 0 saturated heterocycles. The Balaban J connectivity index is 1.97. The number of nitro benzene ring substituents is 1. The molecule has 0 aliphatic heterocycles. The Morgan fingerprint density at radius 2 is 2.00 bits per heavy atom. The van der Waals surface area contributed by atoms with E-state index in [2.05, 4.69) is 5.32 Å². The van der Waals surface area contributed by atoms with Gasteiger partial charge in [-0.3, -0.25) is 14.9 Å². The van der Waals surface area contributed by atoms with Crippen LogP contribution in [0.5, 0.6) is 11.5 Å². The topological polar surface area (TPSA) is 128 Å². The number of ether oxygens (including phenoxy) is 2. The van der Waals surface area contributed by atoms with Gasteiger partial charge in [-0.1, -0.05) is 6.07 Å². The lowest BCUT2D eigenvalue weighted by Crippen LogP contribution is -2.29. The van der Waals surface area contributed by atoms with Gasteiger partial charge < -0.3 is 19.9 Å². The summed E-state index contributed by atoms with van der Waals surface area (Å²) in [5, 5.41) is 22.6. The van der Waals surface area contributed by atoms with Gasteiger partial charge in [-0.25, -0.2) is 4.79 Å². The summed E-state index contributed by atoms with van der Waals surface area (Å²) in [7, 11) is 1.38. The van der Waals surface area contributed by atoms with Gasteiger partial charge in [0.15, 0.2) is 17.6 Å². The minimum Gasteiger partial charge on any atom is -0.504 e. The Morgan fingerprint density at radius 3 is 2.66 bits per heavy atom. The number of esters is 1. The fraction of sp³-hybridized carbons (Fsp3) is 0.158. The molecule has 0 aliphatic carbocycles. The Kier molecular flexibility index (Phi) is 6.85. The molecule has 2 aromatic carbocycles. The Labute approximate surface area is 164 Å². The van der Waals surface area contributed by atoms with Crippen molar-refractivity contribution in [1.29, 1.82) is 0 Å². The van der Waals surface area contributed by atoms with Gasteiger partial charge in [-0.2, -0.15) is 4.39 Å². The summed E-state index contributed by atoms with van der Waals surface area (Å²) in [5.74, 6) is -2.44. The van der Waals surface area contributed by atoms with Crippen molar-refractivity contribution in [2.24, 2.45) is 0 Å². The highest BCUT2D eigenvalue weighted by molar-refractivity contribution is 5.96. The molecule has 0 radical (unpaired) electrons. The van der Waals surface area contributed by atoms with E-state index in [0.717, 1.165) is 24.3 Å². The van der Waals surface area contributed by atoms with Crippen LogP contribution in [0, 0.1) is 15.9 Å². The zero-order chi connectivity index (χ0) is 21.6. The van der Waals surface area contributed by atoms with E-state index in [9.17, 15) is 29.2 Å². The van der Waals surface area contributed by atoms with Crippen molar-refractivity contribution in [3.63, 3.8) is 0 Å². The van der Waals surface area contributed by atoms with Crippen molar-refractivity contribution < 1.29 is 33.5 Å². The molecule has 2 rings (SSSR count). The Hall–Kier alpha value is -3.95. The normalized spacial score (nSPS) is 11.7. The van der Waals surface area contributed by atoms with Gasteiger partial charge in [0.25, 0.3) is 5.91 Å². The van der Waals surface area contributed by atoms with Crippen LogP contribution in [0.4, 0.5) is 15.8 Å². The van der Waals surface area contributed by atoms with Gasteiger partial charge in [0.05, 0.1) is 12.0 Å². The third kappa shape index (κ3) is 5.76. The second-order valence-electron chi connectivity index (χ2n) is 5.76. The van der Waals surface area contributed by atoms with E-state index in [1.165, 1.54) is 32.2 Å². The molecule has 0 unspecified atom stereocenters. The van der Waals surface area contributed by atoms with Crippen LogP contribution in [0.3, 0.4) is 0 Å². The molecule has 0 heterocycles. The highest BCUT2D eigenvalue weighted by atomic mass is 19.1. The van der Waals surface area contributed by atoms with Gasteiger partial charge in [0.1, 0.15) is 0 Å². The first-order valence-corrected chi connectivity index (χ1v) is 8.21. The number of hydrogen-bond acceptors (Lipinski definition) is 7. The molecule has 0 aliphatic rings. The molecule has 10 heteroatoms. The number of benzene rings is 2. The fourth-order valence-electron chi connectivity index (χ4n) is 2.20. The number of amides is 1. The predicted octanol–water partition coefficient (Wildman–Crippen LogP) is 3.03. The molecule has 2 N–H and O–H groups in total. The average molecular weight is 404 g/mol. The van der Waals surface area contributed by atoms with Gasteiger partial charge in [-0.15, -0.1) is 0 Å². The lowest BCUT2D eigenvalue weighted by molar-refractivity contribution is -0.387. The Bertz CT molecular complexity index is 975. The number of nitrogens with zero attached hydrogens (tertiary/aromatic N) is 1. The van der Waals surface area contributed by atoms with Crippen molar-refractivity contribution in [3.05, 3.63) is 64.0 Å². The standard InChI is InChI=1S/C19H17FN2O7/c1-11(19(25)21-13-5-6-14(20)15(10-13)22(26)27)29-18(24)8-4-12-3-7-16(23)17(9-12)28-2/h3-11,23H,1-2H3,(H,21,25)/b8-4+/t11-/m0/s1. The fourth-order valence-corrected chi connectivity index (χ4v) is 2.20. The minimum absolute atomic E-state index is 0.0160.